The molecule has 19 heavy (non-hydrogen) atoms. The molecule has 0 radical (unpaired) electrons. The highest BCUT2D eigenvalue weighted by Gasteiger charge is 2.11. The summed E-state index contributed by atoms with van der Waals surface area (Å²) in [5.41, 5.74) is 2.46. The zero-order valence-electron chi connectivity index (χ0n) is 10.6. The van der Waals surface area contributed by atoms with Gasteiger partial charge in [0.1, 0.15) is 4.34 Å². The molecule has 0 saturated carbocycles. The molecule has 0 aliphatic heterocycles. The summed E-state index contributed by atoms with van der Waals surface area (Å²) >= 11 is 7.38. The molecule has 2 rings (SSSR count). The van der Waals surface area contributed by atoms with Crippen LogP contribution in [0.4, 0.5) is 10.5 Å². The third kappa shape index (κ3) is 3.24. The lowest BCUT2D eigenvalue weighted by Gasteiger charge is -2.08. The topological polar surface area (TPSA) is 71.8 Å². The van der Waals surface area contributed by atoms with E-state index in [1.807, 2.05) is 19.2 Å². The molecular weight excluding hydrogens is 286 g/mol. The Morgan fingerprint density at radius 3 is 3.00 bits per heavy atom. The lowest BCUT2D eigenvalue weighted by Crippen LogP contribution is -2.29. The zero-order valence-corrected chi connectivity index (χ0v) is 12.2. The maximum absolute atomic E-state index is 11.8. The smallest absolute Gasteiger partial charge is 0.319 e. The van der Waals surface area contributed by atoms with Crippen LogP contribution in [0, 0.1) is 6.92 Å². The average Bonchev–Trinajstić information content (AvgIpc) is 2.97. The molecule has 102 valence electrons. The summed E-state index contributed by atoms with van der Waals surface area (Å²) in [6.45, 7) is 4.95. The highest BCUT2D eigenvalue weighted by Crippen LogP contribution is 2.32. The van der Waals surface area contributed by atoms with Gasteiger partial charge in [-0.25, -0.2) is 9.48 Å². The first-order valence-corrected chi connectivity index (χ1v) is 7.03. The van der Waals surface area contributed by atoms with Gasteiger partial charge in [-0.15, -0.1) is 16.4 Å². The number of carbonyl (C=O) groups is 1. The number of rotatable bonds is 4. The molecule has 6 nitrogen and oxygen atoms in total. The molecule has 0 fully saturated rings. The van der Waals surface area contributed by atoms with Crippen molar-refractivity contribution in [3.8, 4) is 0 Å². The fraction of sp³-hybridized carbons (Fsp3) is 0.364. The minimum Gasteiger partial charge on any atom is -0.332 e. The van der Waals surface area contributed by atoms with Gasteiger partial charge in [-0.05, 0) is 24.8 Å². The van der Waals surface area contributed by atoms with Gasteiger partial charge in [-0.2, -0.15) is 0 Å². The Labute approximate surface area is 119 Å². The van der Waals surface area contributed by atoms with Crippen LogP contribution in [0.3, 0.4) is 0 Å². The van der Waals surface area contributed by atoms with Crippen molar-refractivity contribution in [1.82, 2.24) is 20.3 Å². The van der Waals surface area contributed by atoms with E-state index in [0.717, 1.165) is 11.3 Å². The molecule has 0 aliphatic rings. The van der Waals surface area contributed by atoms with Crippen LogP contribution in [0.15, 0.2) is 11.6 Å². The number of amides is 2. The molecule has 2 N–H and O–H groups in total. The Hall–Kier alpha value is -1.60. The van der Waals surface area contributed by atoms with Crippen LogP contribution >= 0.6 is 22.9 Å². The van der Waals surface area contributed by atoms with Crippen molar-refractivity contribution in [2.75, 3.05) is 5.32 Å². The number of anilines is 1. The monoisotopic (exact) mass is 299 g/mol. The van der Waals surface area contributed by atoms with Gasteiger partial charge in [-0.3, -0.25) is 0 Å². The molecule has 0 bridgehead atoms. The number of nitrogens with zero attached hydrogens (tertiary/aromatic N) is 3. The lowest BCUT2D eigenvalue weighted by atomic mass is 10.3. The largest absolute Gasteiger partial charge is 0.332 e. The van der Waals surface area contributed by atoms with Gasteiger partial charge in [0.15, 0.2) is 0 Å². The summed E-state index contributed by atoms with van der Waals surface area (Å²) in [5.74, 6) is 0. The minimum atomic E-state index is -0.299. The normalized spacial score (nSPS) is 10.5. The van der Waals surface area contributed by atoms with E-state index in [0.29, 0.717) is 23.1 Å². The van der Waals surface area contributed by atoms with Crippen LogP contribution in [-0.2, 0) is 13.1 Å². The molecule has 2 amide bonds. The molecule has 8 heteroatoms. The van der Waals surface area contributed by atoms with Gasteiger partial charge in [0.2, 0.25) is 0 Å². The second-order valence-corrected chi connectivity index (χ2v) is 5.40. The number of halogens is 1. The van der Waals surface area contributed by atoms with Gasteiger partial charge in [0.25, 0.3) is 0 Å². The Morgan fingerprint density at radius 1 is 1.58 bits per heavy atom. The van der Waals surface area contributed by atoms with Crippen molar-refractivity contribution in [3.63, 3.8) is 0 Å². The van der Waals surface area contributed by atoms with E-state index < -0.39 is 0 Å². The van der Waals surface area contributed by atoms with Crippen molar-refractivity contribution in [3.05, 3.63) is 27.2 Å². The molecule has 0 aliphatic carbocycles. The highest BCUT2D eigenvalue weighted by molar-refractivity contribution is 7.15. The lowest BCUT2D eigenvalue weighted by molar-refractivity contribution is 0.251. The number of aromatic nitrogens is 3. The van der Waals surface area contributed by atoms with Gasteiger partial charge < -0.3 is 10.6 Å². The van der Waals surface area contributed by atoms with Gasteiger partial charge >= 0.3 is 6.03 Å². The predicted octanol–water partition coefficient (Wildman–Crippen LogP) is 2.64. The molecule has 0 aromatic carbocycles. The van der Waals surface area contributed by atoms with E-state index >= 15 is 0 Å². The van der Waals surface area contributed by atoms with Crippen LogP contribution in [0.1, 0.15) is 18.2 Å². The summed E-state index contributed by atoms with van der Waals surface area (Å²) < 4.78 is 2.30. The first kappa shape index (κ1) is 13.8. The molecule has 2 heterocycles. The molecule has 0 spiro atoms. The summed E-state index contributed by atoms with van der Waals surface area (Å²) in [6.07, 6.45) is 1.63. The van der Waals surface area contributed by atoms with Crippen LogP contribution in [0.2, 0.25) is 4.34 Å². The highest BCUT2D eigenvalue weighted by atomic mass is 35.5. The van der Waals surface area contributed by atoms with Crippen LogP contribution < -0.4 is 10.6 Å². The van der Waals surface area contributed by atoms with E-state index in [1.54, 1.807) is 10.9 Å². The van der Waals surface area contributed by atoms with Crippen molar-refractivity contribution in [1.29, 1.82) is 0 Å². The number of nitrogens with one attached hydrogen (secondary N) is 2. The molecule has 0 atom stereocenters. The third-order valence-corrected chi connectivity index (χ3v) is 3.93. The molecular formula is C11H14ClN5OS. The van der Waals surface area contributed by atoms with Crippen molar-refractivity contribution >= 4 is 34.7 Å². The number of hydrogen-bond donors (Lipinski definition) is 2. The molecule has 2 aromatic rings. The second-order valence-electron chi connectivity index (χ2n) is 3.92. The number of urea groups is 1. The fourth-order valence-electron chi connectivity index (χ4n) is 1.57. The van der Waals surface area contributed by atoms with E-state index in [2.05, 4.69) is 20.9 Å². The number of carbonyl (C=O) groups excluding carboxylic acids is 1. The van der Waals surface area contributed by atoms with Gasteiger partial charge in [0.05, 0.1) is 24.1 Å². The predicted molar refractivity (Wildman–Crippen MR) is 75.6 cm³/mol. The molecule has 2 aromatic heterocycles. The summed E-state index contributed by atoms with van der Waals surface area (Å²) in [6, 6.07) is -0.299. The summed E-state index contributed by atoms with van der Waals surface area (Å²) in [5, 5.41) is 15.1. The van der Waals surface area contributed by atoms with E-state index in [-0.39, 0.29) is 6.03 Å². The number of aryl methyl sites for hydroxylation is 2. The van der Waals surface area contributed by atoms with Crippen LogP contribution in [0.5, 0.6) is 0 Å². The van der Waals surface area contributed by atoms with Crippen molar-refractivity contribution < 1.29 is 4.79 Å². The first-order chi connectivity index (χ1) is 9.11. The van der Waals surface area contributed by atoms with Gasteiger partial charge in [-0.1, -0.05) is 16.8 Å². The second kappa shape index (κ2) is 6.03. The van der Waals surface area contributed by atoms with Gasteiger partial charge in [0, 0.05) is 6.54 Å². The zero-order chi connectivity index (χ0) is 13.8. The third-order valence-electron chi connectivity index (χ3n) is 2.60. The van der Waals surface area contributed by atoms with E-state index in [9.17, 15) is 4.79 Å². The maximum Gasteiger partial charge on any atom is 0.319 e. The molecule has 0 saturated heterocycles. The standard InChI is InChI=1S/C11H14ClN5OS/c1-3-17-8(5-14-16-17)4-13-11(18)15-9-7(2)6-19-10(9)12/h5-6H,3-4H2,1-2H3,(H2,13,15,18). The van der Waals surface area contributed by atoms with Crippen LogP contribution in [0.25, 0.3) is 0 Å². The van der Waals surface area contributed by atoms with Crippen molar-refractivity contribution in [2.45, 2.75) is 26.9 Å². The Balaban J connectivity index is 1.92. The fourth-order valence-corrected chi connectivity index (χ4v) is 2.63. The Bertz CT molecular complexity index is 560. The maximum atomic E-state index is 11.8. The van der Waals surface area contributed by atoms with Crippen molar-refractivity contribution in [2.24, 2.45) is 0 Å². The Morgan fingerprint density at radius 2 is 2.37 bits per heavy atom. The average molecular weight is 300 g/mol. The van der Waals surface area contributed by atoms with E-state index in [4.69, 9.17) is 11.6 Å². The number of hydrogen-bond acceptors (Lipinski definition) is 4. The SMILES string of the molecule is CCn1nncc1CNC(=O)Nc1c(C)csc1Cl. The minimum absolute atomic E-state index is 0.299. The molecule has 0 unspecified atom stereocenters. The quantitative estimate of drug-likeness (QED) is 0.911. The Kier molecular flexibility index (Phi) is 4.39. The van der Waals surface area contributed by atoms with Crippen LogP contribution in [-0.4, -0.2) is 21.0 Å². The first-order valence-electron chi connectivity index (χ1n) is 5.77. The summed E-state index contributed by atoms with van der Waals surface area (Å²) in [4.78, 5) is 11.8. The summed E-state index contributed by atoms with van der Waals surface area (Å²) in [7, 11) is 0. The van der Waals surface area contributed by atoms with E-state index in [1.165, 1.54) is 11.3 Å². The number of thiophene rings is 1.